The lowest BCUT2D eigenvalue weighted by atomic mass is 10.0. The maximum absolute atomic E-state index is 5.32. The molecule has 0 radical (unpaired) electrons. The van der Waals surface area contributed by atoms with Crippen molar-refractivity contribution >= 4 is 5.95 Å². The molecule has 1 atom stereocenters. The molecular weight excluding hydrogens is 232 g/mol. The normalized spacial score (nSPS) is 18.3. The standard InChI is InChI=1S/C12H22N4O2/c1-9(2)10(13-3)8-11-14-12(15-18-11)16-4-6-17-7-5-16/h9-10,13H,4-8H2,1-3H3. The quantitative estimate of drug-likeness (QED) is 0.834. The first-order chi connectivity index (χ1) is 8.70. The summed E-state index contributed by atoms with van der Waals surface area (Å²) >= 11 is 0. The fourth-order valence-corrected chi connectivity index (χ4v) is 2.08. The molecule has 1 aliphatic rings. The van der Waals surface area contributed by atoms with E-state index in [-0.39, 0.29) is 0 Å². The van der Waals surface area contributed by atoms with Gasteiger partial charge in [-0.1, -0.05) is 13.8 Å². The van der Waals surface area contributed by atoms with Gasteiger partial charge >= 0.3 is 0 Å². The van der Waals surface area contributed by atoms with Gasteiger partial charge in [-0.3, -0.25) is 0 Å². The van der Waals surface area contributed by atoms with Gasteiger partial charge < -0.3 is 19.5 Å². The Morgan fingerprint density at radius 2 is 2.06 bits per heavy atom. The average molecular weight is 254 g/mol. The molecule has 1 aliphatic heterocycles. The Morgan fingerprint density at radius 1 is 1.33 bits per heavy atom. The molecule has 1 unspecified atom stereocenters. The number of rotatable bonds is 5. The lowest BCUT2D eigenvalue weighted by molar-refractivity contribution is 0.121. The van der Waals surface area contributed by atoms with Crippen LogP contribution in [0.2, 0.25) is 0 Å². The van der Waals surface area contributed by atoms with E-state index in [0.29, 0.717) is 23.8 Å². The fraction of sp³-hybridized carbons (Fsp3) is 0.833. The number of anilines is 1. The number of likely N-dealkylation sites (N-methyl/N-ethyl adjacent to an activating group) is 1. The van der Waals surface area contributed by atoms with E-state index < -0.39 is 0 Å². The molecule has 6 nitrogen and oxygen atoms in total. The summed E-state index contributed by atoms with van der Waals surface area (Å²) in [7, 11) is 1.96. The number of hydrogen-bond donors (Lipinski definition) is 1. The molecule has 1 aromatic rings. The van der Waals surface area contributed by atoms with Crippen molar-refractivity contribution in [3.8, 4) is 0 Å². The maximum Gasteiger partial charge on any atom is 0.266 e. The van der Waals surface area contributed by atoms with E-state index in [1.807, 2.05) is 7.05 Å². The summed E-state index contributed by atoms with van der Waals surface area (Å²) in [6.45, 7) is 7.49. The molecule has 0 bridgehead atoms. The summed E-state index contributed by atoms with van der Waals surface area (Å²) in [5.41, 5.74) is 0. The molecule has 2 heterocycles. The van der Waals surface area contributed by atoms with E-state index in [2.05, 4.69) is 34.2 Å². The van der Waals surface area contributed by atoms with Crippen molar-refractivity contribution in [3.63, 3.8) is 0 Å². The molecule has 1 N–H and O–H groups in total. The van der Waals surface area contributed by atoms with Crippen LogP contribution in [0.5, 0.6) is 0 Å². The molecule has 6 heteroatoms. The second-order valence-corrected chi connectivity index (χ2v) is 4.93. The van der Waals surface area contributed by atoms with Crippen LogP contribution in [0.25, 0.3) is 0 Å². The van der Waals surface area contributed by atoms with Crippen molar-refractivity contribution in [1.29, 1.82) is 0 Å². The lowest BCUT2D eigenvalue weighted by Gasteiger charge is -2.24. The molecule has 2 rings (SSSR count). The van der Waals surface area contributed by atoms with Gasteiger partial charge in [-0.15, -0.1) is 0 Å². The minimum Gasteiger partial charge on any atom is -0.378 e. The van der Waals surface area contributed by atoms with Crippen molar-refractivity contribution in [2.45, 2.75) is 26.3 Å². The summed E-state index contributed by atoms with van der Waals surface area (Å²) in [4.78, 5) is 6.55. The van der Waals surface area contributed by atoms with E-state index in [1.54, 1.807) is 0 Å². The molecule has 0 aromatic carbocycles. The first-order valence-electron chi connectivity index (χ1n) is 6.53. The van der Waals surface area contributed by atoms with E-state index in [0.717, 1.165) is 32.7 Å². The first-order valence-corrected chi connectivity index (χ1v) is 6.53. The monoisotopic (exact) mass is 254 g/mol. The summed E-state index contributed by atoms with van der Waals surface area (Å²) < 4.78 is 10.6. The SMILES string of the molecule is CNC(Cc1nc(N2CCOCC2)no1)C(C)C. The number of morpholine rings is 1. The first kappa shape index (κ1) is 13.3. The summed E-state index contributed by atoms with van der Waals surface area (Å²) in [6, 6.07) is 0.364. The summed E-state index contributed by atoms with van der Waals surface area (Å²) in [6.07, 6.45) is 0.769. The van der Waals surface area contributed by atoms with Gasteiger partial charge in [0.25, 0.3) is 5.95 Å². The zero-order valence-corrected chi connectivity index (χ0v) is 11.3. The van der Waals surface area contributed by atoms with Gasteiger partial charge in [0, 0.05) is 25.6 Å². The van der Waals surface area contributed by atoms with Crippen LogP contribution < -0.4 is 10.2 Å². The van der Waals surface area contributed by atoms with E-state index in [1.165, 1.54) is 0 Å². The van der Waals surface area contributed by atoms with Crippen molar-refractivity contribution in [2.24, 2.45) is 5.92 Å². The Hall–Kier alpha value is -1.14. The van der Waals surface area contributed by atoms with Gasteiger partial charge in [0.05, 0.1) is 13.2 Å². The largest absolute Gasteiger partial charge is 0.378 e. The van der Waals surface area contributed by atoms with Crippen LogP contribution in [-0.2, 0) is 11.2 Å². The third-order valence-corrected chi connectivity index (χ3v) is 3.32. The van der Waals surface area contributed by atoms with Crippen molar-refractivity contribution in [2.75, 3.05) is 38.3 Å². The zero-order valence-electron chi connectivity index (χ0n) is 11.3. The Labute approximate surface area is 108 Å². The fourth-order valence-electron chi connectivity index (χ4n) is 2.08. The molecule has 0 saturated carbocycles. The van der Waals surface area contributed by atoms with Crippen molar-refractivity contribution in [1.82, 2.24) is 15.5 Å². The van der Waals surface area contributed by atoms with Crippen LogP contribution in [0.1, 0.15) is 19.7 Å². The molecular formula is C12H22N4O2. The molecule has 1 saturated heterocycles. The zero-order chi connectivity index (χ0) is 13.0. The third-order valence-electron chi connectivity index (χ3n) is 3.32. The Kier molecular flexibility index (Phi) is 4.54. The minimum atomic E-state index is 0.364. The van der Waals surface area contributed by atoms with Crippen LogP contribution in [0, 0.1) is 5.92 Å². The number of hydrogen-bond acceptors (Lipinski definition) is 6. The minimum absolute atomic E-state index is 0.364. The average Bonchev–Trinajstić information content (AvgIpc) is 2.85. The molecule has 18 heavy (non-hydrogen) atoms. The Balaban J connectivity index is 1.96. The topological polar surface area (TPSA) is 63.4 Å². The van der Waals surface area contributed by atoms with Crippen LogP contribution in [-0.4, -0.2) is 49.5 Å². The van der Waals surface area contributed by atoms with Crippen LogP contribution in [0.4, 0.5) is 5.95 Å². The Bertz CT molecular complexity index is 361. The highest BCUT2D eigenvalue weighted by Gasteiger charge is 2.20. The number of nitrogens with one attached hydrogen (secondary N) is 1. The van der Waals surface area contributed by atoms with Crippen LogP contribution >= 0.6 is 0 Å². The summed E-state index contributed by atoms with van der Waals surface area (Å²) in [5.74, 6) is 1.92. The number of ether oxygens (including phenoxy) is 1. The van der Waals surface area contributed by atoms with Gasteiger partial charge in [-0.2, -0.15) is 4.98 Å². The van der Waals surface area contributed by atoms with Gasteiger partial charge in [-0.05, 0) is 18.1 Å². The molecule has 1 aromatic heterocycles. The van der Waals surface area contributed by atoms with Gasteiger partial charge in [0.1, 0.15) is 0 Å². The summed E-state index contributed by atoms with van der Waals surface area (Å²) in [5, 5.41) is 7.32. The molecule has 1 fully saturated rings. The number of nitrogens with zero attached hydrogens (tertiary/aromatic N) is 3. The van der Waals surface area contributed by atoms with E-state index >= 15 is 0 Å². The third kappa shape index (κ3) is 3.20. The van der Waals surface area contributed by atoms with Crippen LogP contribution in [0.15, 0.2) is 4.52 Å². The maximum atomic E-state index is 5.32. The van der Waals surface area contributed by atoms with Gasteiger partial charge in [-0.25, -0.2) is 0 Å². The highest BCUT2D eigenvalue weighted by molar-refractivity contribution is 5.28. The second kappa shape index (κ2) is 6.15. The van der Waals surface area contributed by atoms with Gasteiger partial charge in [0.2, 0.25) is 5.89 Å². The predicted octanol–water partition coefficient (Wildman–Crippen LogP) is 0.693. The highest BCUT2D eigenvalue weighted by atomic mass is 16.5. The smallest absolute Gasteiger partial charge is 0.266 e. The lowest BCUT2D eigenvalue weighted by Crippen LogP contribution is -2.37. The molecule has 102 valence electrons. The van der Waals surface area contributed by atoms with E-state index in [4.69, 9.17) is 9.26 Å². The second-order valence-electron chi connectivity index (χ2n) is 4.93. The van der Waals surface area contributed by atoms with Gasteiger partial charge in [0.15, 0.2) is 0 Å². The number of aromatic nitrogens is 2. The predicted molar refractivity (Wildman–Crippen MR) is 68.7 cm³/mol. The van der Waals surface area contributed by atoms with Crippen molar-refractivity contribution in [3.05, 3.63) is 5.89 Å². The van der Waals surface area contributed by atoms with Crippen molar-refractivity contribution < 1.29 is 9.26 Å². The highest BCUT2D eigenvalue weighted by Crippen LogP contribution is 2.14. The Morgan fingerprint density at radius 3 is 2.67 bits per heavy atom. The molecule has 0 amide bonds. The molecule has 0 aliphatic carbocycles. The molecule has 0 spiro atoms. The van der Waals surface area contributed by atoms with Crippen LogP contribution in [0.3, 0.4) is 0 Å². The van der Waals surface area contributed by atoms with E-state index in [9.17, 15) is 0 Å².